The van der Waals surface area contributed by atoms with Gasteiger partial charge in [0.25, 0.3) is 0 Å². The minimum Gasteiger partial charge on any atom is -0.351 e. The number of rotatable bonds is 2. The number of allylic oxidation sites excluding steroid dienone is 1. The third-order valence-electron chi connectivity index (χ3n) is 3.76. The summed E-state index contributed by atoms with van der Waals surface area (Å²) in [4.78, 5) is 26.9. The number of carbonyl (C=O) groups excluding carboxylic acids is 2. The van der Waals surface area contributed by atoms with Crippen molar-refractivity contribution in [3.8, 4) is 0 Å². The van der Waals surface area contributed by atoms with E-state index in [-0.39, 0.29) is 5.91 Å². The topological polar surface area (TPSA) is 66.6 Å². The summed E-state index contributed by atoms with van der Waals surface area (Å²) in [6, 6.07) is 7.00. The zero-order chi connectivity index (χ0) is 16.1. The molecule has 1 heterocycles. The predicted molar refractivity (Wildman–Crippen MR) is 87.5 cm³/mol. The van der Waals surface area contributed by atoms with Gasteiger partial charge in [0.15, 0.2) is 0 Å². The van der Waals surface area contributed by atoms with Crippen LogP contribution in [-0.2, 0) is 4.79 Å². The van der Waals surface area contributed by atoms with Gasteiger partial charge >= 0.3 is 6.03 Å². The van der Waals surface area contributed by atoms with Crippen LogP contribution in [0, 0.1) is 0 Å². The van der Waals surface area contributed by atoms with Crippen molar-refractivity contribution in [2.24, 2.45) is 5.73 Å². The molecular weight excluding hydrogens is 302 g/mol. The number of urea groups is 1. The first kappa shape index (κ1) is 16.4. The smallest absolute Gasteiger partial charge is 0.314 e. The molecule has 1 aromatic carbocycles. The highest BCUT2D eigenvalue weighted by Gasteiger charge is 2.19. The Bertz CT molecular complexity index is 601. The van der Waals surface area contributed by atoms with Gasteiger partial charge in [-0.2, -0.15) is 0 Å². The van der Waals surface area contributed by atoms with Crippen molar-refractivity contribution in [3.05, 3.63) is 40.9 Å². The molecule has 0 radical (unpaired) electrons. The van der Waals surface area contributed by atoms with Crippen LogP contribution in [0.15, 0.2) is 30.3 Å². The standard InChI is InChI=1S/C16H20ClN3O2/c1-12(13-5-2-3-6-14(13)17)11-15(21)19-7-4-8-20(10-9-19)16(18)22/h2-3,5-6,11H,4,7-10H2,1H3,(H2,18,22). The molecule has 118 valence electrons. The molecular formula is C16H20ClN3O2. The molecule has 0 atom stereocenters. The van der Waals surface area contributed by atoms with Crippen molar-refractivity contribution in [2.45, 2.75) is 13.3 Å². The van der Waals surface area contributed by atoms with Crippen molar-refractivity contribution < 1.29 is 9.59 Å². The minimum absolute atomic E-state index is 0.0660. The Morgan fingerprint density at radius 1 is 1.14 bits per heavy atom. The monoisotopic (exact) mass is 321 g/mol. The maximum Gasteiger partial charge on any atom is 0.314 e. The highest BCUT2D eigenvalue weighted by atomic mass is 35.5. The van der Waals surface area contributed by atoms with Crippen molar-refractivity contribution >= 4 is 29.1 Å². The van der Waals surface area contributed by atoms with E-state index in [9.17, 15) is 9.59 Å². The van der Waals surface area contributed by atoms with Gasteiger partial charge in [0.05, 0.1) is 0 Å². The first-order valence-electron chi connectivity index (χ1n) is 7.25. The molecule has 0 bridgehead atoms. The quantitative estimate of drug-likeness (QED) is 0.850. The van der Waals surface area contributed by atoms with E-state index in [1.165, 1.54) is 0 Å². The van der Waals surface area contributed by atoms with Gasteiger partial charge in [0, 0.05) is 37.3 Å². The third-order valence-corrected chi connectivity index (χ3v) is 4.09. The van der Waals surface area contributed by atoms with Crippen LogP contribution >= 0.6 is 11.6 Å². The zero-order valence-corrected chi connectivity index (χ0v) is 13.3. The van der Waals surface area contributed by atoms with E-state index in [0.717, 1.165) is 17.6 Å². The summed E-state index contributed by atoms with van der Waals surface area (Å²) in [7, 11) is 0. The van der Waals surface area contributed by atoms with Crippen molar-refractivity contribution in [1.29, 1.82) is 0 Å². The lowest BCUT2D eigenvalue weighted by molar-refractivity contribution is -0.125. The normalized spacial score (nSPS) is 16.4. The van der Waals surface area contributed by atoms with Crippen LogP contribution in [0.5, 0.6) is 0 Å². The minimum atomic E-state index is -0.433. The molecule has 1 aliphatic rings. The van der Waals surface area contributed by atoms with E-state index in [4.69, 9.17) is 17.3 Å². The van der Waals surface area contributed by atoms with Crippen LogP contribution in [0.4, 0.5) is 4.79 Å². The number of amides is 3. The lowest BCUT2D eigenvalue weighted by Crippen LogP contribution is -2.39. The van der Waals surface area contributed by atoms with E-state index in [1.54, 1.807) is 21.9 Å². The highest BCUT2D eigenvalue weighted by molar-refractivity contribution is 6.32. The molecule has 2 N–H and O–H groups in total. The van der Waals surface area contributed by atoms with Gasteiger partial charge < -0.3 is 15.5 Å². The fourth-order valence-electron chi connectivity index (χ4n) is 2.49. The lowest BCUT2D eigenvalue weighted by Gasteiger charge is -2.20. The Morgan fingerprint density at radius 3 is 2.45 bits per heavy atom. The summed E-state index contributed by atoms with van der Waals surface area (Å²) in [5.74, 6) is -0.0660. The number of hydrogen-bond donors (Lipinski definition) is 1. The van der Waals surface area contributed by atoms with Crippen LogP contribution in [0.3, 0.4) is 0 Å². The number of nitrogens with two attached hydrogens (primary N) is 1. The molecule has 6 heteroatoms. The van der Waals surface area contributed by atoms with Gasteiger partial charge in [-0.1, -0.05) is 29.8 Å². The van der Waals surface area contributed by atoms with Crippen molar-refractivity contribution in [1.82, 2.24) is 9.80 Å². The first-order valence-corrected chi connectivity index (χ1v) is 7.63. The van der Waals surface area contributed by atoms with E-state index in [0.29, 0.717) is 31.2 Å². The summed E-state index contributed by atoms with van der Waals surface area (Å²) < 4.78 is 0. The molecule has 0 saturated carbocycles. The maximum absolute atomic E-state index is 12.4. The van der Waals surface area contributed by atoms with Crippen molar-refractivity contribution in [2.75, 3.05) is 26.2 Å². The molecule has 1 saturated heterocycles. The summed E-state index contributed by atoms with van der Waals surface area (Å²) in [6.45, 7) is 4.04. The average molecular weight is 322 g/mol. The molecule has 0 unspecified atom stereocenters. The second-order valence-corrected chi connectivity index (χ2v) is 5.72. The summed E-state index contributed by atoms with van der Waals surface area (Å²) in [5.41, 5.74) is 6.97. The van der Waals surface area contributed by atoms with Crippen molar-refractivity contribution in [3.63, 3.8) is 0 Å². The van der Waals surface area contributed by atoms with E-state index in [2.05, 4.69) is 0 Å². The second kappa shape index (κ2) is 7.31. The van der Waals surface area contributed by atoms with Gasteiger partial charge in [-0.15, -0.1) is 0 Å². The molecule has 0 aliphatic carbocycles. The summed E-state index contributed by atoms with van der Waals surface area (Å²) in [6.07, 6.45) is 2.33. The van der Waals surface area contributed by atoms with Crippen LogP contribution in [0.2, 0.25) is 5.02 Å². The number of benzene rings is 1. The van der Waals surface area contributed by atoms with Gasteiger partial charge in [-0.3, -0.25) is 4.79 Å². The van der Waals surface area contributed by atoms with E-state index >= 15 is 0 Å². The molecule has 5 nitrogen and oxygen atoms in total. The number of halogens is 1. The van der Waals surface area contributed by atoms with Gasteiger partial charge in [-0.05, 0) is 30.5 Å². The Balaban J connectivity index is 2.07. The molecule has 0 aromatic heterocycles. The Kier molecular flexibility index (Phi) is 5.44. The Hall–Kier alpha value is -2.01. The average Bonchev–Trinajstić information content (AvgIpc) is 2.73. The molecule has 1 aliphatic heterocycles. The Labute approximate surface area is 135 Å². The molecule has 1 aromatic rings. The second-order valence-electron chi connectivity index (χ2n) is 5.31. The van der Waals surface area contributed by atoms with E-state index in [1.807, 2.05) is 25.1 Å². The summed E-state index contributed by atoms with van der Waals surface area (Å²) >= 11 is 6.14. The fraction of sp³-hybridized carbons (Fsp3) is 0.375. The molecule has 3 amide bonds. The van der Waals surface area contributed by atoms with Crippen LogP contribution in [-0.4, -0.2) is 47.9 Å². The van der Waals surface area contributed by atoms with Crippen LogP contribution in [0.1, 0.15) is 18.9 Å². The lowest BCUT2D eigenvalue weighted by atomic mass is 10.1. The SMILES string of the molecule is CC(=CC(=O)N1CCCN(C(N)=O)CC1)c1ccccc1Cl. The predicted octanol–water partition coefficient (Wildman–Crippen LogP) is 2.36. The van der Waals surface area contributed by atoms with Crippen LogP contribution in [0.25, 0.3) is 5.57 Å². The number of nitrogens with zero attached hydrogens (tertiary/aromatic N) is 2. The number of hydrogen-bond acceptors (Lipinski definition) is 2. The first-order chi connectivity index (χ1) is 10.5. The summed E-state index contributed by atoms with van der Waals surface area (Å²) in [5, 5.41) is 0.625. The number of carbonyl (C=O) groups is 2. The van der Waals surface area contributed by atoms with E-state index < -0.39 is 6.03 Å². The molecule has 2 rings (SSSR count). The van der Waals surface area contributed by atoms with Gasteiger partial charge in [0.1, 0.15) is 0 Å². The number of primary amides is 1. The molecule has 22 heavy (non-hydrogen) atoms. The Morgan fingerprint density at radius 2 is 1.77 bits per heavy atom. The van der Waals surface area contributed by atoms with Gasteiger partial charge in [-0.25, -0.2) is 4.79 Å². The fourth-order valence-corrected chi connectivity index (χ4v) is 2.78. The third kappa shape index (κ3) is 4.01. The molecule has 0 spiro atoms. The zero-order valence-electron chi connectivity index (χ0n) is 12.6. The largest absolute Gasteiger partial charge is 0.351 e. The highest BCUT2D eigenvalue weighted by Crippen LogP contribution is 2.23. The molecule has 1 fully saturated rings. The van der Waals surface area contributed by atoms with Crippen LogP contribution < -0.4 is 5.73 Å². The van der Waals surface area contributed by atoms with Gasteiger partial charge in [0.2, 0.25) is 5.91 Å². The maximum atomic E-state index is 12.4.